The lowest BCUT2D eigenvalue weighted by Crippen LogP contribution is -1.97. The summed E-state index contributed by atoms with van der Waals surface area (Å²) < 4.78 is 0. The Hall–Kier alpha value is -2.81. The average Bonchev–Trinajstić information content (AvgIpc) is 3.13. The minimum Gasteiger partial charge on any atom is -0.380 e. The van der Waals surface area contributed by atoms with Crippen LogP contribution in [0.5, 0.6) is 0 Å². The number of para-hydroxylation sites is 2. The molecule has 108 valence electrons. The zero-order valence-electron chi connectivity index (χ0n) is 12.1. The van der Waals surface area contributed by atoms with E-state index in [9.17, 15) is 4.79 Å². The fourth-order valence-electron chi connectivity index (χ4n) is 3.05. The number of anilines is 2. The van der Waals surface area contributed by atoms with E-state index in [1.165, 1.54) is 0 Å². The molecule has 0 aromatic heterocycles. The third-order valence-corrected chi connectivity index (χ3v) is 4.12. The molecule has 0 spiro atoms. The number of fused-ring (bicyclic) bond motifs is 2. The van der Waals surface area contributed by atoms with E-state index >= 15 is 0 Å². The summed E-state index contributed by atoms with van der Waals surface area (Å²) in [6.45, 7) is 1.42. The van der Waals surface area contributed by atoms with Gasteiger partial charge in [0.25, 0.3) is 0 Å². The number of ketones is 1. The summed E-state index contributed by atoms with van der Waals surface area (Å²) in [5, 5.41) is 6.62. The van der Waals surface area contributed by atoms with E-state index < -0.39 is 0 Å². The number of hydrogen-bond acceptors (Lipinski definition) is 3. The molecule has 3 nitrogen and oxygen atoms in total. The predicted molar refractivity (Wildman–Crippen MR) is 90.8 cm³/mol. The van der Waals surface area contributed by atoms with Gasteiger partial charge in [-0.25, -0.2) is 0 Å². The highest BCUT2D eigenvalue weighted by Gasteiger charge is 2.17. The third kappa shape index (κ3) is 2.21. The quantitative estimate of drug-likeness (QED) is 0.830. The summed E-state index contributed by atoms with van der Waals surface area (Å²) in [5.74, 6) is 0.0435. The Morgan fingerprint density at radius 2 is 1.23 bits per heavy atom. The topological polar surface area (TPSA) is 41.1 Å². The van der Waals surface area contributed by atoms with Crippen LogP contribution >= 0.6 is 0 Å². The van der Waals surface area contributed by atoms with E-state index in [1.807, 2.05) is 48.5 Å². The largest absolute Gasteiger partial charge is 0.380 e. The fourth-order valence-corrected chi connectivity index (χ4v) is 3.05. The molecule has 2 aromatic rings. The van der Waals surface area contributed by atoms with Crippen molar-refractivity contribution in [3.63, 3.8) is 0 Å². The Morgan fingerprint density at radius 1 is 0.773 bits per heavy atom. The first kappa shape index (κ1) is 12.9. The standard InChI is InChI=1S/C19H16N2O/c22-15(9-13-11-20-18-7-3-1-5-16(13)18)10-14-12-21-19-8-4-2-6-17(14)19/h1-10,20-21H,11-12H2. The molecule has 0 atom stereocenters. The Kier molecular flexibility index (Phi) is 3.04. The molecule has 22 heavy (non-hydrogen) atoms. The van der Waals surface area contributed by atoms with Crippen LogP contribution in [-0.2, 0) is 4.79 Å². The molecule has 0 saturated heterocycles. The van der Waals surface area contributed by atoms with Gasteiger partial charge in [0, 0.05) is 35.6 Å². The molecule has 0 radical (unpaired) electrons. The van der Waals surface area contributed by atoms with Gasteiger partial charge in [0.15, 0.2) is 5.78 Å². The molecule has 3 heteroatoms. The van der Waals surface area contributed by atoms with Crippen molar-refractivity contribution in [1.29, 1.82) is 0 Å². The van der Waals surface area contributed by atoms with Crippen molar-refractivity contribution < 1.29 is 4.79 Å². The molecule has 0 aliphatic carbocycles. The normalized spacial score (nSPS) is 18.7. The first-order chi connectivity index (χ1) is 10.8. The van der Waals surface area contributed by atoms with Crippen LogP contribution in [0.2, 0.25) is 0 Å². The van der Waals surface area contributed by atoms with E-state index in [0.717, 1.165) is 33.6 Å². The number of nitrogens with one attached hydrogen (secondary N) is 2. The molecule has 0 bridgehead atoms. The number of carbonyl (C=O) groups is 1. The lowest BCUT2D eigenvalue weighted by Gasteiger charge is -1.99. The van der Waals surface area contributed by atoms with Gasteiger partial charge < -0.3 is 10.6 Å². The number of hydrogen-bond donors (Lipinski definition) is 2. The van der Waals surface area contributed by atoms with Gasteiger partial charge in [-0.2, -0.15) is 0 Å². The minimum absolute atomic E-state index is 0.0435. The molecule has 0 fully saturated rings. The van der Waals surface area contributed by atoms with Gasteiger partial charge >= 0.3 is 0 Å². The molecule has 2 heterocycles. The van der Waals surface area contributed by atoms with Crippen LogP contribution in [0.1, 0.15) is 11.1 Å². The van der Waals surface area contributed by atoms with Gasteiger partial charge in [-0.15, -0.1) is 0 Å². The van der Waals surface area contributed by atoms with Crippen LogP contribution < -0.4 is 10.6 Å². The maximum Gasteiger partial charge on any atom is 0.179 e. The van der Waals surface area contributed by atoms with Crippen LogP contribution in [-0.4, -0.2) is 18.9 Å². The van der Waals surface area contributed by atoms with Crippen molar-refractivity contribution in [3.8, 4) is 0 Å². The monoisotopic (exact) mass is 288 g/mol. The van der Waals surface area contributed by atoms with E-state index in [1.54, 1.807) is 12.2 Å². The maximum atomic E-state index is 12.4. The van der Waals surface area contributed by atoms with E-state index in [-0.39, 0.29) is 5.78 Å². The highest BCUT2D eigenvalue weighted by Crippen LogP contribution is 2.32. The van der Waals surface area contributed by atoms with E-state index in [2.05, 4.69) is 10.6 Å². The SMILES string of the molecule is O=C(C=C1CNc2ccccc21)C=C1CNc2ccccc21. The van der Waals surface area contributed by atoms with Crippen molar-refractivity contribution in [2.24, 2.45) is 0 Å². The predicted octanol–water partition coefficient (Wildman–Crippen LogP) is 3.57. The zero-order valence-corrected chi connectivity index (χ0v) is 12.1. The Balaban J connectivity index is 1.62. The van der Waals surface area contributed by atoms with Gasteiger partial charge in [0.1, 0.15) is 0 Å². The lowest BCUT2D eigenvalue weighted by molar-refractivity contribution is -0.110. The molecular weight excluding hydrogens is 272 g/mol. The molecule has 4 rings (SSSR count). The lowest BCUT2D eigenvalue weighted by atomic mass is 10.0. The molecule has 2 aliphatic heterocycles. The summed E-state index contributed by atoms with van der Waals surface area (Å²) >= 11 is 0. The first-order valence-corrected chi connectivity index (χ1v) is 7.43. The highest BCUT2D eigenvalue weighted by molar-refractivity contribution is 6.10. The number of rotatable bonds is 2. The second-order valence-electron chi connectivity index (χ2n) is 5.54. The van der Waals surface area contributed by atoms with Crippen molar-refractivity contribution >= 4 is 28.3 Å². The van der Waals surface area contributed by atoms with Crippen LogP contribution in [0.25, 0.3) is 11.1 Å². The van der Waals surface area contributed by atoms with E-state index in [4.69, 9.17) is 0 Å². The van der Waals surface area contributed by atoms with Crippen LogP contribution in [0.15, 0.2) is 60.7 Å². The number of benzene rings is 2. The smallest absolute Gasteiger partial charge is 0.179 e. The Bertz CT molecular complexity index is 750. The summed E-state index contributed by atoms with van der Waals surface area (Å²) in [7, 11) is 0. The number of carbonyl (C=O) groups excluding carboxylic acids is 1. The fraction of sp³-hybridized carbons (Fsp3) is 0.105. The zero-order chi connectivity index (χ0) is 14.9. The van der Waals surface area contributed by atoms with Crippen molar-refractivity contribution in [2.75, 3.05) is 23.7 Å². The third-order valence-electron chi connectivity index (χ3n) is 4.12. The molecule has 0 unspecified atom stereocenters. The minimum atomic E-state index is 0.0435. The average molecular weight is 288 g/mol. The highest BCUT2D eigenvalue weighted by atomic mass is 16.1. The molecule has 2 aliphatic rings. The van der Waals surface area contributed by atoms with Crippen molar-refractivity contribution in [3.05, 3.63) is 71.8 Å². The van der Waals surface area contributed by atoms with Gasteiger partial charge in [0.2, 0.25) is 0 Å². The molecule has 2 N–H and O–H groups in total. The second kappa shape index (κ2) is 5.19. The molecule has 0 saturated carbocycles. The first-order valence-electron chi connectivity index (χ1n) is 7.43. The van der Waals surface area contributed by atoms with Crippen LogP contribution in [0.4, 0.5) is 11.4 Å². The van der Waals surface area contributed by atoms with Crippen molar-refractivity contribution in [2.45, 2.75) is 0 Å². The Morgan fingerprint density at radius 3 is 1.73 bits per heavy atom. The van der Waals surface area contributed by atoms with Crippen LogP contribution in [0.3, 0.4) is 0 Å². The Labute approximate surface area is 129 Å². The van der Waals surface area contributed by atoms with Gasteiger partial charge in [-0.1, -0.05) is 36.4 Å². The summed E-state index contributed by atoms with van der Waals surface area (Å²) in [4.78, 5) is 12.4. The van der Waals surface area contributed by atoms with E-state index in [0.29, 0.717) is 13.1 Å². The van der Waals surface area contributed by atoms with Crippen molar-refractivity contribution in [1.82, 2.24) is 0 Å². The summed E-state index contributed by atoms with van der Waals surface area (Å²) in [6, 6.07) is 16.2. The molecule has 0 amide bonds. The van der Waals surface area contributed by atoms with Gasteiger partial charge in [0.05, 0.1) is 0 Å². The summed E-state index contributed by atoms with van der Waals surface area (Å²) in [6.07, 6.45) is 3.49. The van der Waals surface area contributed by atoms with Gasteiger partial charge in [-0.3, -0.25) is 4.79 Å². The molecule has 2 aromatic carbocycles. The maximum absolute atomic E-state index is 12.4. The molecular formula is C19H16N2O. The van der Waals surface area contributed by atoms with Crippen LogP contribution in [0, 0.1) is 0 Å². The summed E-state index contributed by atoms with van der Waals surface area (Å²) in [5.41, 5.74) is 6.55. The number of allylic oxidation sites excluding steroid dienone is 2. The second-order valence-corrected chi connectivity index (χ2v) is 5.54. The van der Waals surface area contributed by atoms with Gasteiger partial charge in [-0.05, 0) is 35.4 Å².